The van der Waals surface area contributed by atoms with Crippen LogP contribution in [-0.2, 0) is 30.8 Å². The minimum Gasteiger partial charge on any atom is -0.497 e. The Balaban J connectivity index is 1.56. The molecule has 158 valence electrons. The summed E-state index contributed by atoms with van der Waals surface area (Å²) in [6, 6.07) is 13.5. The molecule has 0 fully saturated rings. The largest absolute Gasteiger partial charge is 0.497 e. The predicted octanol–water partition coefficient (Wildman–Crippen LogP) is 1.65. The number of amides is 1. The van der Waals surface area contributed by atoms with Gasteiger partial charge in [-0.05, 0) is 47.4 Å². The van der Waals surface area contributed by atoms with Gasteiger partial charge in [0.05, 0.1) is 7.11 Å². The molecule has 3 aromatic rings. The minimum atomic E-state index is -0.693. The molecule has 0 unspecified atom stereocenters. The summed E-state index contributed by atoms with van der Waals surface area (Å²) in [4.78, 5) is 39.6. The number of carbonyl (C=O) groups excluding carboxylic acids is 1. The number of nitrogens with zero attached hydrogens (tertiary/aromatic N) is 4. The van der Waals surface area contributed by atoms with Crippen molar-refractivity contribution in [1.29, 1.82) is 5.26 Å². The molecule has 0 saturated carbocycles. The monoisotopic (exact) mass is 418 g/mol. The van der Waals surface area contributed by atoms with Crippen LogP contribution >= 0.6 is 0 Å². The molecule has 1 aromatic heterocycles. The molecule has 4 rings (SSSR count). The van der Waals surface area contributed by atoms with Crippen LogP contribution in [0.3, 0.4) is 0 Å². The molecule has 0 atom stereocenters. The van der Waals surface area contributed by atoms with E-state index in [0.717, 1.165) is 26.7 Å². The van der Waals surface area contributed by atoms with Gasteiger partial charge in [-0.1, -0.05) is 18.2 Å². The minimum absolute atomic E-state index is 0.0440. The van der Waals surface area contributed by atoms with Gasteiger partial charge in [0.2, 0.25) is 5.91 Å². The lowest BCUT2D eigenvalue weighted by Crippen LogP contribution is -2.45. The third-order valence-electron chi connectivity index (χ3n) is 5.69. The molecule has 0 N–H and O–H groups in total. The van der Waals surface area contributed by atoms with Crippen molar-refractivity contribution < 1.29 is 9.53 Å². The molecule has 8 heteroatoms. The smallest absolute Gasteiger partial charge is 0.331 e. The van der Waals surface area contributed by atoms with Crippen LogP contribution in [0.4, 0.5) is 0 Å². The highest BCUT2D eigenvalue weighted by molar-refractivity contribution is 5.84. The maximum atomic E-state index is 12.8. The number of ether oxygens (including phenoxy) is 1. The SMILES string of the molecule is COc1ccc2cc(CN(C)C(=O)Cn3c(=O)c(C#N)c4n(c3=O)CCC4)ccc2c1. The van der Waals surface area contributed by atoms with Gasteiger partial charge in [0.25, 0.3) is 5.56 Å². The second-order valence-corrected chi connectivity index (χ2v) is 7.66. The number of aromatic nitrogens is 2. The fourth-order valence-corrected chi connectivity index (χ4v) is 4.00. The van der Waals surface area contributed by atoms with Gasteiger partial charge in [-0.2, -0.15) is 5.26 Å². The Morgan fingerprint density at radius 1 is 1.19 bits per heavy atom. The molecule has 2 aromatic carbocycles. The third-order valence-corrected chi connectivity index (χ3v) is 5.69. The van der Waals surface area contributed by atoms with Gasteiger partial charge in [0.15, 0.2) is 0 Å². The van der Waals surface area contributed by atoms with E-state index in [4.69, 9.17) is 4.74 Å². The number of nitriles is 1. The van der Waals surface area contributed by atoms with Crippen LogP contribution in [0.2, 0.25) is 0 Å². The molecule has 0 saturated heterocycles. The number of hydrogen-bond acceptors (Lipinski definition) is 5. The quantitative estimate of drug-likeness (QED) is 0.628. The lowest BCUT2D eigenvalue weighted by atomic mass is 10.1. The molecule has 31 heavy (non-hydrogen) atoms. The van der Waals surface area contributed by atoms with E-state index in [1.807, 2.05) is 42.5 Å². The van der Waals surface area contributed by atoms with Crippen LogP contribution in [-0.4, -0.2) is 34.1 Å². The zero-order valence-corrected chi connectivity index (χ0v) is 17.4. The Labute approximate surface area is 178 Å². The van der Waals surface area contributed by atoms with Gasteiger partial charge < -0.3 is 9.64 Å². The van der Waals surface area contributed by atoms with Crippen LogP contribution in [0.1, 0.15) is 23.2 Å². The van der Waals surface area contributed by atoms with Crippen molar-refractivity contribution in [1.82, 2.24) is 14.0 Å². The standard InChI is InChI=1S/C23H22N4O4/c1-25(13-15-5-6-17-11-18(31-2)8-7-16(17)10-15)21(28)14-27-22(29)19(12-24)20-4-3-9-26(20)23(27)30/h5-8,10-11H,3-4,9,13-14H2,1-2H3. The first-order chi connectivity index (χ1) is 14.9. The van der Waals surface area contributed by atoms with Crippen LogP contribution in [0.5, 0.6) is 5.75 Å². The maximum absolute atomic E-state index is 12.8. The number of fused-ring (bicyclic) bond motifs is 2. The summed E-state index contributed by atoms with van der Waals surface area (Å²) in [7, 11) is 3.25. The summed E-state index contributed by atoms with van der Waals surface area (Å²) < 4.78 is 7.55. The Bertz CT molecular complexity index is 1350. The van der Waals surface area contributed by atoms with Crippen molar-refractivity contribution in [2.24, 2.45) is 0 Å². The van der Waals surface area contributed by atoms with Crippen LogP contribution in [0.25, 0.3) is 10.8 Å². The molecule has 1 aliphatic rings. The second-order valence-electron chi connectivity index (χ2n) is 7.66. The molecule has 1 amide bonds. The van der Waals surface area contributed by atoms with Gasteiger partial charge in [0.1, 0.15) is 23.9 Å². The Morgan fingerprint density at radius 2 is 1.94 bits per heavy atom. The van der Waals surface area contributed by atoms with E-state index in [-0.39, 0.29) is 11.5 Å². The normalized spacial score (nSPS) is 12.4. The van der Waals surface area contributed by atoms with E-state index in [1.165, 1.54) is 9.47 Å². The fraction of sp³-hybridized carbons (Fsp3) is 0.304. The molecule has 1 aliphatic heterocycles. The lowest BCUT2D eigenvalue weighted by Gasteiger charge is -2.19. The van der Waals surface area contributed by atoms with E-state index in [2.05, 4.69) is 0 Å². The van der Waals surface area contributed by atoms with E-state index in [0.29, 0.717) is 31.6 Å². The zero-order valence-electron chi connectivity index (χ0n) is 17.4. The summed E-state index contributed by atoms with van der Waals surface area (Å²) in [6.45, 7) is 0.385. The van der Waals surface area contributed by atoms with Crippen molar-refractivity contribution in [3.05, 3.63) is 74.1 Å². The van der Waals surface area contributed by atoms with Crippen LogP contribution in [0.15, 0.2) is 46.0 Å². The van der Waals surface area contributed by atoms with Crippen LogP contribution < -0.4 is 16.0 Å². The Hall–Kier alpha value is -3.86. The molecule has 0 bridgehead atoms. The first-order valence-electron chi connectivity index (χ1n) is 10.00. The van der Waals surface area contributed by atoms with Gasteiger partial charge in [-0.25, -0.2) is 9.36 Å². The molecular weight excluding hydrogens is 396 g/mol. The molecule has 8 nitrogen and oxygen atoms in total. The second kappa shape index (κ2) is 8.11. The average molecular weight is 418 g/mol. The lowest BCUT2D eigenvalue weighted by molar-refractivity contribution is -0.131. The number of likely N-dealkylation sites (N-methyl/N-ethyl adjacent to an activating group) is 1. The van der Waals surface area contributed by atoms with Gasteiger partial charge >= 0.3 is 5.69 Å². The molecule has 0 radical (unpaired) electrons. The summed E-state index contributed by atoms with van der Waals surface area (Å²) in [5.41, 5.74) is 0.129. The van der Waals surface area contributed by atoms with E-state index < -0.39 is 17.8 Å². The highest BCUT2D eigenvalue weighted by Gasteiger charge is 2.24. The topological polar surface area (TPSA) is 97.3 Å². The highest BCUT2D eigenvalue weighted by Crippen LogP contribution is 2.22. The first-order valence-corrected chi connectivity index (χ1v) is 10.00. The third kappa shape index (κ3) is 3.70. The maximum Gasteiger partial charge on any atom is 0.331 e. The Morgan fingerprint density at radius 3 is 2.68 bits per heavy atom. The number of methoxy groups -OCH3 is 1. The van der Waals surface area contributed by atoms with Gasteiger partial charge in [-0.15, -0.1) is 0 Å². The first kappa shape index (κ1) is 20.4. The average Bonchev–Trinajstić information content (AvgIpc) is 3.26. The predicted molar refractivity (Wildman–Crippen MR) is 115 cm³/mol. The fourth-order valence-electron chi connectivity index (χ4n) is 4.00. The number of benzene rings is 2. The molecule has 0 spiro atoms. The van der Waals surface area contributed by atoms with Crippen molar-refractivity contribution in [2.75, 3.05) is 14.2 Å². The summed E-state index contributed by atoms with van der Waals surface area (Å²) >= 11 is 0. The number of hydrogen-bond donors (Lipinski definition) is 0. The van der Waals surface area contributed by atoms with E-state index >= 15 is 0 Å². The molecule has 2 heterocycles. The number of rotatable bonds is 5. The number of carbonyl (C=O) groups is 1. The van der Waals surface area contributed by atoms with Crippen LogP contribution in [0, 0.1) is 11.3 Å². The van der Waals surface area contributed by atoms with E-state index in [1.54, 1.807) is 14.2 Å². The summed E-state index contributed by atoms with van der Waals surface area (Å²) in [6.07, 6.45) is 1.23. The van der Waals surface area contributed by atoms with E-state index in [9.17, 15) is 19.6 Å². The molecular formula is C23H22N4O4. The van der Waals surface area contributed by atoms with Crippen molar-refractivity contribution in [2.45, 2.75) is 32.5 Å². The molecule has 0 aliphatic carbocycles. The van der Waals surface area contributed by atoms with Gasteiger partial charge in [-0.3, -0.25) is 14.2 Å². The Kier molecular flexibility index (Phi) is 5.34. The zero-order chi connectivity index (χ0) is 22.1. The highest BCUT2D eigenvalue weighted by atomic mass is 16.5. The summed E-state index contributed by atoms with van der Waals surface area (Å²) in [5, 5.41) is 11.4. The van der Waals surface area contributed by atoms with Gasteiger partial charge in [0, 0.05) is 25.8 Å². The summed E-state index contributed by atoms with van der Waals surface area (Å²) in [5.74, 6) is 0.395. The van der Waals surface area contributed by atoms with Crippen molar-refractivity contribution in [3.63, 3.8) is 0 Å². The van der Waals surface area contributed by atoms with Crippen molar-refractivity contribution >= 4 is 16.7 Å². The van der Waals surface area contributed by atoms with Crippen molar-refractivity contribution in [3.8, 4) is 11.8 Å².